The minimum atomic E-state index is -1.97. The molecular weight excluding hydrogens is 760 g/mol. The predicted molar refractivity (Wildman–Crippen MR) is 212 cm³/mol. The zero-order chi connectivity index (χ0) is 43.9. The van der Waals surface area contributed by atoms with E-state index in [-0.39, 0.29) is 44.8 Å². The van der Waals surface area contributed by atoms with Gasteiger partial charge in [0.15, 0.2) is 12.6 Å². The summed E-state index contributed by atoms with van der Waals surface area (Å²) in [6.07, 6.45) is -9.49. The molecule has 3 fully saturated rings. The van der Waals surface area contributed by atoms with Crippen molar-refractivity contribution in [3.05, 3.63) is 0 Å². The quantitative estimate of drug-likeness (QED) is 0.0778. The van der Waals surface area contributed by atoms with Crippen LogP contribution in [-0.4, -0.2) is 175 Å². The van der Waals surface area contributed by atoms with Crippen LogP contribution in [0.15, 0.2) is 5.16 Å². The molecule has 18 atom stereocenters. The van der Waals surface area contributed by atoms with Gasteiger partial charge in [-0.05, 0) is 74.9 Å². The number of aliphatic hydroxyl groups is 5. The van der Waals surface area contributed by atoms with Crippen LogP contribution in [0.1, 0.15) is 94.9 Å². The van der Waals surface area contributed by atoms with Gasteiger partial charge in [0.1, 0.15) is 23.9 Å². The summed E-state index contributed by atoms with van der Waals surface area (Å²) in [6.45, 7) is 17.3. The Balaban J connectivity index is 2.22. The summed E-state index contributed by atoms with van der Waals surface area (Å²) in [5.74, 6) is -4.14. The van der Waals surface area contributed by atoms with Crippen molar-refractivity contribution in [3.63, 3.8) is 0 Å². The van der Waals surface area contributed by atoms with Gasteiger partial charge >= 0.3 is 5.97 Å². The minimum absolute atomic E-state index is 0.0307. The number of aliphatic hydroxyl groups excluding tert-OH is 3. The second-order valence-electron chi connectivity index (χ2n) is 17.7. The smallest absolute Gasteiger partial charge is 0.311 e. The second-order valence-corrected chi connectivity index (χ2v) is 17.7. The van der Waals surface area contributed by atoms with Crippen LogP contribution in [-0.2, 0) is 47.5 Å². The van der Waals surface area contributed by atoms with E-state index < -0.39 is 102 Å². The Hall–Kier alpha value is -1.58. The van der Waals surface area contributed by atoms with Crippen molar-refractivity contribution in [3.8, 4) is 0 Å². The average molecular weight is 837 g/mol. The fraction of sp³-hybridized carbons (Fsp3) is 0.951. The van der Waals surface area contributed by atoms with E-state index in [0.29, 0.717) is 18.7 Å². The highest BCUT2D eigenvalue weighted by atomic mass is 16.7. The molecule has 5 N–H and O–H groups in total. The van der Waals surface area contributed by atoms with Crippen molar-refractivity contribution in [1.82, 2.24) is 4.90 Å². The molecule has 17 heteroatoms. The van der Waals surface area contributed by atoms with Crippen molar-refractivity contribution in [2.24, 2.45) is 28.8 Å². The first-order chi connectivity index (χ1) is 27.0. The molecular formula is C41H76N2O15. The molecule has 0 aliphatic carbocycles. The molecule has 0 radical (unpaired) electrons. The minimum Gasteiger partial charge on any atom is -0.459 e. The van der Waals surface area contributed by atoms with Gasteiger partial charge in [0.05, 0.1) is 66.6 Å². The third-order valence-electron chi connectivity index (χ3n) is 12.6. The average Bonchev–Trinajstić information content (AvgIpc) is 3.15. The van der Waals surface area contributed by atoms with Crippen LogP contribution in [0.3, 0.4) is 0 Å². The molecule has 0 spiro atoms. The Bertz CT molecular complexity index is 1300. The molecule has 0 amide bonds. The second kappa shape index (κ2) is 21.5. The monoisotopic (exact) mass is 837 g/mol. The van der Waals surface area contributed by atoms with Crippen LogP contribution in [0.25, 0.3) is 0 Å². The fourth-order valence-electron chi connectivity index (χ4n) is 8.93. The fourth-order valence-corrected chi connectivity index (χ4v) is 8.93. The standard InChI is InChI=1S/C41H76N2O15/c1-15-29-41(10,49)34(45)24(4)31(42-53-21-52-17-16-50-13)22(2)19-39(8,48)36(58-38-32(44)28(43(11)12)18-23(3)54-38)25(5)33(26(6)37(47)56-29)57-30-20-40(9,51-14)35(46)27(7)55-30/h22-30,32-36,38,44-46,48-49H,15-21H2,1-14H3/b42-31-/t22-,23-,24+,25+,26-,27+,28+,29-,30-,32-,33+,34-,35-,36+,38+,39-,40+,41-/m1/s1. The Labute approximate surface area is 345 Å². The summed E-state index contributed by atoms with van der Waals surface area (Å²) in [5.41, 5.74) is -4.49. The first-order valence-corrected chi connectivity index (χ1v) is 20.8. The molecule has 58 heavy (non-hydrogen) atoms. The Morgan fingerprint density at radius 2 is 1.55 bits per heavy atom. The van der Waals surface area contributed by atoms with Crippen molar-refractivity contribution in [1.29, 1.82) is 0 Å². The van der Waals surface area contributed by atoms with Crippen molar-refractivity contribution in [2.45, 2.75) is 179 Å². The van der Waals surface area contributed by atoms with E-state index in [2.05, 4.69) is 5.16 Å². The van der Waals surface area contributed by atoms with Crippen molar-refractivity contribution in [2.75, 3.05) is 48.3 Å². The number of carbonyl (C=O) groups is 1. The lowest BCUT2D eigenvalue weighted by Gasteiger charge is -2.49. The van der Waals surface area contributed by atoms with E-state index in [1.807, 2.05) is 32.8 Å². The van der Waals surface area contributed by atoms with Gasteiger partial charge in [0.25, 0.3) is 0 Å². The zero-order valence-corrected chi connectivity index (χ0v) is 37.3. The topological polar surface area (TPSA) is 217 Å². The molecule has 0 aromatic heterocycles. The molecule has 3 saturated heterocycles. The predicted octanol–water partition coefficient (Wildman–Crippen LogP) is 2.21. The molecule has 0 unspecified atom stereocenters. The molecule has 0 bridgehead atoms. The number of ether oxygens (including phenoxy) is 8. The summed E-state index contributed by atoms with van der Waals surface area (Å²) in [5, 5.41) is 63.6. The normalized spacial score (nSPS) is 45.8. The van der Waals surface area contributed by atoms with Crippen LogP contribution in [0, 0.1) is 23.7 Å². The van der Waals surface area contributed by atoms with Gasteiger partial charge < -0.3 is 73.2 Å². The molecule has 3 aliphatic heterocycles. The summed E-state index contributed by atoms with van der Waals surface area (Å²) < 4.78 is 48.1. The summed E-state index contributed by atoms with van der Waals surface area (Å²) in [7, 11) is 6.76. The maximum absolute atomic E-state index is 14.3. The Morgan fingerprint density at radius 1 is 0.897 bits per heavy atom. The number of hydrogen-bond acceptors (Lipinski definition) is 17. The first-order valence-electron chi connectivity index (χ1n) is 20.8. The summed E-state index contributed by atoms with van der Waals surface area (Å²) >= 11 is 0. The van der Waals surface area contributed by atoms with Crippen LogP contribution < -0.4 is 0 Å². The molecule has 0 aromatic rings. The van der Waals surface area contributed by atoms with Gasteiger partial charge in [-0.3, -0.25) is 4.79 Å². The zero-order valence-electron chi connectivity index (χ0n) is 37.3. The van der Waals surface area contributed by atoms with Gasteiger partial charge in [-0.15, -0.1) is 0 Å². The summed E-state index contributed by atoms with van der Waals surface area (Å²) in [4.78, 5) is 21.8. The highest BCUT2D eigenvalue weighted by Crippen LogP contribution is 2.41. The van der Waals surface area contributed by atoms with Gasteiger partial charge in [-0.2, -0.15) is 0 Å². The van der Waals surface area contributed by atoms with Crippen LogP contribution in [0.4, 0.5) is 0 Å². The molecule has 340 valence electrons. The van der Waals surface area contributed by atoms with Crippen LogP contribution in [0.2, 0.25) is 0 Å². The number of nitrogens with zero attached hydrogens (tertiary/aromatic N) is 2. The van der Waals surface area contributed by atoms with Gasteiger partial charge in [0, 0.05) is 44.4 Å². The lowest BCUT2D eigenvalue weighted by Crippen LogP contribution is -2.61. The van der Waals surface area contributed by atoms with E-state index in [9.17, 15) is 30.3 Å². The highest BCUT2D eigenvalue weighted by molar-refractivity contribution is 5.88. The number of methoxy groups -OCH3 is 2. The number of likely N-dealkylation sites (N-methyl/N-ethyl adjacent to an activating group) is 1. The number of cyclic esters (lactones) is 1. The van der Waals surface area contributed by atoms with Gasteiger partial charge in [0.2, 0.25) is 6.79 Å². The molecule has 3 rings (SSSR count). The number of oxime groups is 1. The van der Waals surface area contributed by atoms with E-state index in [1.54, 1.807) is 55.6 Å². The lowest BCUT2D eigenvalue weighted by atomic mass is 9.73. The lowest BCUT2D eigenvalue weighted by molar-refractivity contribution is -0.317. The number of hydrogen-bond donors (Lipinski definition) is 5. The largest absolute Gasteiger partial charge is 0.459 e. The molecule has 0 saturated carbocycles. The van der Waals surface area contributed by atoms with E-state index in [4.69, 9.17) is 42.7 Å². The van der Waals surface area contributed by atoms with Crippen molar-refractivity contribution >= 4 is 11.7 Å². The first kappa shape index (κ1) is 50.8. The van der Waals surface area contributed by atoms with Crippen LogP contribution >= 0.6 is 0 Å². The van der Waals surface area contributed by atoms with Gasteiger partial charge in [-0.1, -0.05) is 32.9 Å². The number of esters is 1. The highest BCUT2D eigenvalue weighted by Gasteiger charge is 2.53. The molecule has 17 nitrogen and oxygen atoms in total. The number of rotatable bonds is 13. The molecule has 3 aliphatic rings. The van der Waals surface area contributed by atoms with E-state index >= 15 is 0 Å². The van der Waals surface area contributed by atoms with Crippen molar-refractivity contribution < 1.29 is 73.1 Å². The third-order valence-corrected chi connectivity index (χ3v) is 12.6. The molecule has 0 aromatic carbocycles. The third kappa shape index (κ3) is 12.1. The maximum atomic E-state index is 14.3. The maximum Gasteiger partial charge on any atom is 0.311 e. The SMILES string of the molecule is CC[C@H]1OC(=O)[C@H](C)[C@@H](O[C@@H]2C[C@](C)(OC)[C@H](O)[C@H](C)O2)[C@H](C)[C@H](O[C@@H]2O[C@H](C)C[C@H](N(C)C)[C@H]2O)[C@](C)(O)C[C@@H](C)/C(=N/OCOCCOC)[C@H](C)[C@@H](O)[C@]1(C)O. The Morgan fingerprint density at radius 3 is 2.14 bits per heavy atom. The Kier molecular flexibility index (Phi) is 18.8. The van der Waals surface area contributed by atoms with Crippen LogP contribution in [0.5, 0.6) is 0 Å². The van der Waals surface area contributed by atoms with E-state index in [1.165, 1.54) is 14.0 Å². The van der Waals surface area contributed by atoms with E-state index in [0.717, 1.165) is 0 Å². The summed E-state index contributed by atoms with van der Waals surface area (Å²) in [6, 6.07) is -0.328. The number of carbonyl (C=O) groups excluding carboxylic acids is 1. The molecule has 3 heterocycles. The van der Waals surface area contributed by atoms with Gasteiger partial charge in [-0.25, -0.2) is 0 Å².